The van der Waals surface area contributed by atoms with Crippen LogP contribution in [0, 0.1) is 0 Å². The van der Waals surface area contributed by atoms with Gasteiger partial charge < -0.3 is 10.1 Å². The first kappa shape index (κ1) is 11.6. The molecule has 4 heteroatoms. The van der Waals surface area contributed by atoms with Gasteiger partial charge >= 0.3 is 0 Å². The zero-order chi connectivity index (χ0) is 11.4. The largest absolute Gasteiger partial charge is 0.377 e. The Morgan fingerprint density at radius 3 is 3.06 bits per heavy atom. The quantitative estimate of drug-likeness (QED) is 0.831. The molecule has 90 valence electrons. The van der Waals surface area contributed by atoms with E-state index in [9.17, 15) is 0 Å². The van der Waals surface area contributed by atoms with Crippen LogP contribution in [0.5, 0.6) is 0 Å². The van der Waals surface area contributed by atoms with E-state index < -0.39 is 0 Å². The normalized spacial score (nSPS) is 23.2. The van der Waals surface area contributed by atoms with Crippen molar-refractivity contribution in [2.24, 2.45) is 7.05 Å². The maximum absolute atomic E-state index is 5.82. The van der Waals surface area contributed by atoms with Gasteiger partial charge in [0.1, 0.15) is 0 Å². The Bertz CT molecular complexity index is 318. The second-order valence-electron chi connectivity index (χ2n) is 4.53. The Morgan fingerprint density at radius 2 is 2.50 bits per heavy atom. The van der Waals surface area contributed by atoms with E-state index in [2.05, 4.69) is 16.6 Å². The zero-order valence-electron chi connectivity index (χ0n) is 10.1. The standard InChI is InChI=1S/C12H21N3O/c1-13-11(12-5-3-4-6-16-12)7-10-8-14-15(2)9-10/h8-9,11-13H,3-7H2,1-2H3. The summed E-state index contributed by atoms with van der Waals surface area (Å²) in [5.41, 5.74) is 1.27. The van der Waals surface area contributed by atoms with Crippen molar-refractivity contribution >= 4 is 0 Å². The molecule has 4 nitrogen and oxygen atoms in total. The molecular weight excluding hydrogens is 202 g/mol. The van der Waals surface area contributed by atoms with Gasteiger partial charge in [-0.2, -0.15) is 5.10 Å². The molecule has 1 aromatic rings. The van der Waals surface area contributed by atoms with Gasteiger partial charge in [0.2, 0.25) is 0 Å². The van der Waals surface area contributed by atoms with Gasteiger partial charge in [0, 0.05) is 25.9 Å². The number of aromatic nitrogens is 2. The van der Waals surface area contributed by atoms with Gasteiger partial charge in [0.05, 0.1) is 12.3 Å². The molecule has 0 saturated carbocycles. The minimum absolute atomic E-state index is 0.360. The van der Waals surface area contributed by atoms with Crippen LogP contribution in [0.2, 0.25) is 0 Å². The van der Waals surface area contributed by atoms with E-state index >= 15 is 0 Å². The molecule has 1 aromatic heterocycles. The lowest BCUT2D eigenvalue weighted by atomic mass is 9.97. The number of nitrogens with one attached hydrogen (secondary N) is 1. The van der Waals surface area contributed by atoms with Gasteiger partial charge in [-0.1, -0.05) is 0 Å². The van der Waals surface area contributed by atoms with Crippen molar-refractivity contribution in [1.82, 2.24) is 15.1 Å². The van der Waals surface area contributed by atoms with Crippen LogP contribution >= 0.6 is 0 Å². The molecule has 0 spiro atoms. The molecule has 2 unspecified atom stereocenters. The van der Waals surface area contributed by atoms with Crippen molar-refractivity contribution in [2.45, 2.75) is 37.8 Å². The molecule has 0 radical (unpaired) electrons. The third-order valence-corrected chi connectivity index (χ3v) is 3.25. The molecule has 2 rings (SSSR count). The fourth-order valence-corrected chi connectivity index (χ4v) is 2.33. The van der Waals surface area contributed by atoms with Crippen LogP contribution in [0.1, 0.15) is 24.8 Å². The zero-order valence-corrected chi connectivity index (χ0v) is 10.1. The summed E-state index contributed by atoms with van der Waals surface area (Å²) >= 11 is 0. The van der Waals surface area contributed by atoms with Gasteiger partial charge in [0.15, 0.2) is 0 Å². The van der Waals surface area contributed by atoms with Crippen LogP contribution in [0.15, 0.2) is 12.4 Å². The van der Waals surface area contributed by atoms with Crippen LogP contribution in [0.25, 0.3) is 0 Å². The first-order valence-electron chi connectivity index (χ1n) is 6.06. The summed E-state index contributed by atoms with van der Waals surface area (Å²) in [6, 6.07) is 0.407. The summed E-state index contributed by atoms with van der Waals surface area (Å²) in [4.78, 5) is 0. The summed E-state index contributed by atoms with van der Waals surface area (Å²) in [6.45, 7) is 0.913. The van der Waals surface area contributed by atoms with Crippen LogP contribution in [0.4, 0.5) is 0 Å². The summed E-state index contributed by atoms with van der Waals surface area (Å²) < 4.78 is 7.67. The molecule has 2 atom stereocenters. The van der Waals surface area contributed by atoms with E-state index in [1.807, 2.05) is 25.0 Å². The molecule has 0 amide bonds. The van der Waals surface area contributed by atoms with Crippen LogP contribution in [0.3, 0.4) is 0 Å². The molecule has 0 aromatic carbocycles. The van der Waals surface area contributed by atoms with Crippen molar-refractivity contribution in [3.63, 3.8) is 0 Å². The number of nitrogens with zero attached hydrogens (tertiary/aromatic N) is 2. The number of hydrogen-bond donors (Lipinski definition) is 1. The highest BCUT2D eigenvalue weighted by Crippen LogP contribution is 2.18. The topological polar surface area (TPSA) is 39.1 Å². The fourth-order valence-electron chi connectivity index (χ4n) is 2.33. The van der Waals surface area contributed by atoms with Gasteiger partial charge in [-0.25, -0.2) is 0 Å². The molecule has 0 bridgehead atoms. The van der Waals surface area contributed by atoms with Crippen molar-refractivity contribution in [2.75, 3.05) is 13.7 Å². The minimum Gasteiger partial charge on any atom is -0.377 e. The Kier molecular flexibility index (Phi) is 3.96. The molecule has 16 heavy (non-hydrogen) atoms. The third-order valence-electron chi connectivity index (χ3n) is 3.25. The van der Waals surface area contributed by atoms with Crippen molar-refractivity contribution in [3.05, 3.63) is 18.0 Å². The number of rotatable bonds is 4. The fraction of sp³-hybridized carbons (Fsp3) is 0.750. The van der Waals surface area contributed by atoms with Gasteiger partial charge in [-0.3, -0.25) is 4.68 Å². The highest BCUT2D eigenvalue weighted by molar-refractivity contribution is 5.07. The molecule has 1 N–H and O–H groups in total. The summed E-state index contributed by atoms with van der Waals surface area (Å²) in [5.74, 6) is 0. The number of likely N-dealkylation sites (N-methyl/N-ethyl adjacent to an activating group) is 1. The monoisotopic (exact) mass is 223 g/mol. The van der Waals surface area contributed by atoms with E-state index in [0.717, 1.165) is 13.0 Å². The molecular formula is C12H21N3O. The van der Waals surface area contributed by atoms with Crippen molar-refractivity contribution in [3.8, 4) is 0 Å². The SMILES string of the molecule is CNC(Cc1cnn(C)c1)C1CCCCO1. The molecule has 1 aliphatic heterocycles. The maximum atomic E-state index is 5.82. The lowest BCUT2D eigenvalue weighted by molar-refractivity contribution is -0.00587. The van der Waals surface area contributed by atoms with E-state index in [0.29, 0.717) is 12.1 Å². The van der Waals surface area contributed by atoms with Crippen molar-refractivity contribution in [1.29, 1.82) is 0 Å². The lowest BCUT2D eigenvalue weighted by Gasteiger charge is -2.30. The predicted molar refractivity (Wildman–Crippen MR) is 63.4 cm³/mol. The number of hydrogen-bond acceptors (Lipinski definition) is 3. The number of ether oxygens (including phenoxy) is 1. The Morgan fingerprint density at radius 1 is 1.62 bits per heavy atom. The Hall–Kier alpha value is -0.870. The maximum Gasteiger partial charge on any atom is 0.0731 e. The number of aryl methyl sites for hydroxylation is 1. The van der Waals surface area contributed by atoms with Crippen LogP contribution < -0.4 is 5.32 Å². The van der Waals surface area contributed by atoms with E-state index in [1.54, 1.807) is 0 Å². The average molecular weight is 223 g/mol. The highest BCUT2D eigenvalue weighted by Gasteiger charge is 2.23. The molecule has 1 aliphatic rings. The molecule has 1 fully saturated rings. The second-order valence-corrected chi connectivity index (χ2v) is 4.53. The molecule has 0 aliphatic carbocycles. The first-order valence-corrected chi connectivity index (χ1v) is 6.06. The summed E-state index contributed by atoms with van der Waals surface area (Å²) in [7, 11) is 3.97. The smallest absolute Gasteiger partial charge is 0.0731 e. The van der Waals surface area contributed by atoms with Crippen LogP contribution in [-0.2, 0) is 18.2 Å². The van der Waals surface area contributed by atoms with E-state index in [1.165, 1.54) is 24.8 Å². The Balaban J connectivity index is 1.94. The van der Waals surface area contributed by atoms with Gasteiger partial charge in [0.25, 0.3) is 0 Å². The summed E-state index contributed by atoms with van der Waals surface area (Å²) in [5, 5.41) is 7.56. The lowest BCUT2D eigenvalue weighted by Crippen LogP contribution is -2.42. The minimum atomic E-state index is 0.360. The summed E-state index contributed by atoms with van der Waals surface area (Å²) in [6.07, 6.45) is 9.04. The molecule has 1 saturated heterocycles. The van der Waals surface area contributed by atoms with E-state index in [-0.39, 0.29) is 0 Å². The van der Waals surface area contributed by atoms with Gasteiger partial charge in [-0.05, 0) is 38.3 Å². The average Bonchev–Trinajstić information content (AvgIpc) is 2.73. The highest BCUT2D eigenvalue weighted by atomic mass is 16.5. The van der Waals surface area contributed by atoms with Gasteiger partial charge in [-0.15, -0.1) is 0 Å². The van der Waals surface area contributed by atoms with Crippen LogP contribution in [-0.4, -0.2) is 35.6 Å². The Labute approximate surface area is 97.0 Å². The van der Waals surface area contributed by atoms with Crippen molar-refractivity contribution < 1.29 is 4.74 Å². The predicted octanol–water partition coefficient (Wildman–Crippen LogP) is 1.12. The first-order chi connectivity index (χ1) is 7.79. The second kappa shape index (κ2) is 5.46. The third kappa shape index (κ3) is 2.83. The van der Waals surface area contributed by atoms with E-state index in [4.69, 9.17) is 4.74 Å². The molecule has 2 heterocycles.